The van der Waals surface area contributed by atoms with Gasteiger partial charge in [0, 0.05) is 6.54 Å². The van der Waals surface area contributed by atoms with Crippen LogP contribution in [0.4, 0.5) is 5.82 Å². The average molecular weight is 223 g/mol. The van der Waals surface area contributed by atoms with Crippen LogP contribution in [-0.4, -0.2) is 36.1 Å². The molecule has 0 saturated carbocycles. The van der Waals surface area contributed by atoms with Crippen molar-refractivity contribution in [2.75, 3.05) is 32.0 Å². The zero-order valence-corrected chi connectivity index (χ0v) is 10.1. The first kappa shape index (κ1) is 12.8. The van der Waals surface area contributed by atoms with E-state index in [0.29, 0.717) is 5.82 Å². The van der Waals surface area contributed by atoms with Gasteiger partial charge < -0.3 is 15.4 Å². The van der Waals surface area contributed by atoms with Crippen LogP contribution in [0.5, 0.6) is 5.75 Å². The zero-order chi connectivity index (χ0) is 11.8. The Bertz CT molecular complexity index is 283. The number of anilines is 1. The molecule has 0 aliphatic heterocycles. The molecule has 4 heteroatoms. The molecule has 4 nitrogen and oxygen atoms in total. The normalized spacial score (nSPS) is 10.7. The molecule has 1 heterocycles. The molecular weight excluding hydrogens is 202 g/mol. The maximum atomic E-state index is 5.56. The van der Waals surface area contributed by atoms with Gasteiger partial charge in [-0.25, -0.2) is 4.98 Å². The summed E-state index contributed by atoms with van der Waals surface area (Å²) in [6, 6.07) is 3.60. The second kappa shape index (κ2) is 7.06. The van der Waals surface area contributed by atoms with Gasteiger partial charge >= 0.3 is 0 Å². The van der Waals surface area contributed by atoms with E-state index in [-0.39, 0.29) is 0 Å². The Balaban J connectivity index is 2.18. The summed E-state index contributed by atoms with van der Waals surface area (Å²) >= 11 is 0. The van der Waals surface area contributed by atoms with Gasteiger partial charge in [-0.15, -0.1) is 0 Å². The number of rotatable bonds is 7. The first-order valence-corrected chi connectivity index (χ1v) is 5.83. The molecule has 16 heavy (non-hydrogen) atoms. The van der Waals surface area contributed by atoms with Crippen molar-refractivity contribution in [3.63, 3.8) is 0 Å². The Morgan fingerprint density at radius 2 is 2.06 bits per heavy atom. The SMILES string of the molecule is CCN(CC)CCCOc1ccc(N)nc1. The van der Waals surface area contributed by atoms with E-state index in [2.05, 4.69) is 23.7 Å². The van der Waals surface area contributed by atoms with Crippen LogP contribution in [0, 0.1) is 0 Å². The molecular formula is C12H21N3O. The molecule has 0 spiro atoms. The molecule has 0 aliphatic carbocycles. The van der Waals surface area contributed by atoms with Gasteiger partial charge in [0.25, 0.3) is 0 Å². The lowest BCUT2D eigenvalue weighted by atomic mass is 10.4. The van der Waals surface area contributed by atoms with Crippen molar-refractivity contribution in [1.29, 1.82) is 0 Å². The van der Waals surface area contributed by atoms with Crippen molar-refractivity contribution in [3.05, 3.63) is 18.3 Å². The van der Waals surface area contributed by atoms with Crippen molar-refractivity contribution in [2.24, 2.45) is 0 Å². The predicted molar refractivity (Wildman–Crippen MR) is 66.5 cm³/mol. The van der Waals surface area contributed by atoms with Crippen molar-refractivity contribution >= 4 is 5.82 Å². The van der Waals surface area contributed by atoms with Crippen molar-refractivity contribution in [3.8, 4) is 5.75 Å². The fourth-order valence-corrected chi connectivity index (χ4v) is 1.50. The molecule has 0 fully saturated rings. The number of nitrogens with two attached hydrogens (primary N) is 1. The summed E-state index contributed by atoms with van der Waals surface area (Å²) in [5.74, 6) is 1.31. The minimum Gasteiger partial charge on any atom is -0.492 e. The first-order chi connectivity index (χ1) is 7.76. The van der Waals surface area contributed by atoms with Crippen LogP contribution >= 0.6 is 0 Å². The third kappa shape index (κ3) is 4.49. The molecule has 1 aromatic heterocycles. The minimum atomic E-state index is 0.524. The van der Waals surface area contributed by atoms with E-state index in [4.69, 9.17) is 10.5 Å². The van der Waals surface area contributed by atoms with E-state index in [1.807, 2.05) is 6.07 Å². The first-order valence-electron chi connectivity index (χ1n) is 5.83. The van der Waals surface area contributed by atoms with Crippen LogP contribution < -0.4 is 10.5 Å². The van der Waals surface area contributed by atoms with Gasteiger partial charge in [-0.1, -0.05) is 13.8 Å². The van der Waals surface area contributed by atoms with E-state index in [0.717, 1.165) is 38.4 Å². The van der Waals surface area contributed by atoms with Crippen molar-refractivity contribution in [2.45, 2.75) is 20.3 Å². The van der Waals surface area contributed by atoms with Gasteiger partial charge in [0.15, 0.2) is 0 Å². The van der Waals surface area contributed by atoms with Crippen molar-refractivity contribution < 1.29 is 4.74 Å². The van der Waals surface area contributed by atoms with Crippen LogP contribution in [0.3, 0.4) is 0 Å². The van der Waals surface area contributed by atoms with Gasteiger partial charge in [0.05, 0.1) is 12.8 Å². The van der Waals surface area contributed by atoms with E-state index in [9.17, 15) is 0 Å². The smallest absolute Gasteiger partial charge is 0.137 e. The zero-order valence-electron chi connectivity index (χ0n) is 10.1. The monoisotopic (exact) mass is 223 g/mol. The molecule has 0 aromatic carbocycles. The minimum absolute atomic E-state index is 0.524. The number of ether oxygens (including phenoxy) is 1. The Morgan fingerprint density at radius 1 is 1.31 bits per heavy atom. The second-order valence-corrected chi connectivity index (χ2v) is 3.65. The molecule has 0 saturated heterocycles. The maximum absolute atomic E-state index is 5.56. The van der Waals surface area contributed by atoms with E-state index in [1.54, 1.807) is 12.3 Å². The number of aromatic nitrogens is 1. The van der Waals surface area contributed by atoms with Gasteiger partial charge in [0.1, 0.15) is 11.6 Å². The topological polar surface area (TPSA) is 51.4 Å². The fraction of sp³-hybridized carbons (Fsp3) is 0.583. The fourth-order valence-electron chi connectivity index (χ4n) is 1.50. The lowest BCUT2D eigenvalue weighted by Crippen LogP contribution is -2.25. The number of pyridine rings is 1. The molecule has 0 amide bonds. The highest BCUT2D eigenvalue weighted by Gasteiger charge is 1.99. The van der Waals surface area contributed by atoms with Crippen LogP contribution in [0.2, 0.25) is 0 Å². The highest BCUT2D eigenvalue weighted by atomic mass is 16.5. The summed E-state index contributed by atoms with van der Waals surface area (Å²) in [7, 11) is 0. The Hall–Kier alpha value is -1.29. The molecule has 0 unspecified atom stereocenters. The highest BCUT2D eigenvalue weighted by Crippen LogP contribution is 2.09. The predicted octanol–water partition coefficient (Wildman–Crippen LogP) is 1.77. The summed E-state index contributed by atoms with van der Waals surface area (Å²) in [5, 5.41) is 0. The third-order valence-electron chi connectivity index (χ3n) is 2.54. The standard InChI is InChI=1S/C12H21N3O/c1-3-15(4-2)8-5-9-16-11-6-7-12(13)14-10-11/h6-7,10H,3-5,8-9H2,1-2H3,(H2,13,14). The summed E-state index contributed by atoms with van der Waals surface area (Å²) in [4.78, 5) is 6.35. The molecule has 1 aromatic rings. The van der Waals surface area contributed by atoms with Gasteiger partial charge in [0.2, 0.25) is 0 Å². The second-order valence-electron chi connectivity index (χ2n) is 3.65. The van der Waals surface area contributed by atoms with Crippen LogP contribution in [-0.2, 0) is 0 Å². The Morgan fingerprint density at radius 3 is 2.62 bits per heavy atom. The van der Waals surface area contributed by atoms with Gasteiger partial charge in [-0.2, -0.15) is 0 Å². The molecule has 1 rings (SSSR count). The van der Waals surface area contributed by atoms with Gasteiger partial charge in [-0.05, 0) is 31.6 Å². The average Bonchev–Trinajstić information content (AvgIpc) is 2.32. The van der Waals surface area contributed by atoms with Gasteiger partial charge in [-0.3, -0.25) is 0 Å². The largest absolute Gasteiger partial charge is 0.492 e. The number of nitrogens with zero attached hydrogens (tertiary/aromatic N) is 2. The quantitative estimate of drug-likeness (QED) is 0.716. The van der Waals surface area contributed by atoms with Crippen LogP contribution in [0.1, 0.15) is 20.3 Å². The summed E-state index contributed by atoms with van der Waals surface area (Å²) in [5.41, 5.74) is 5.48. The molecule has 0 aliphatic rings. The van der Waals surface area contributed by atoms with Crippen LogP contribution in [0.15, 0.2) is 18.3 Å². The van der Waals surface area contributed by atoms with Crippen molar-refractivity contribution in [1.82, 2.24) is 9.88 Å². The van der Waals surface area contributed by atoms with E-state index in [1.165, 1.54) is 0 Å². The van der Waals surface area contributed by atoms with Crippen LogP contribution in [0.25, 0.3) is 0 Å². The molecule has 2 N–H and O–H groups in total. The van der Waals surface area contributed by atoms with E-state index >= 15 is 0 Å². The lowest BCUT2D eigenvalue weighted by molar-refractivity contribution is 0.249. The van der Waals surface area contributed by atoms with E-state index < -0.39 is 0 Å². The highest BCUT2D eigenvalue weighted by molar-refractivity contribution is 5.31. The number of hydrogen-bond acceptors (Lipinski definition) is 4. The maximum Gasteiger partial charge on any atom is 0.137 e. The summed E-state index contributed by atoms with van der Waals surface area (Å²) in [6.45, 7) is 8.35. The molecule has 90 valence electrons. The Kier molecular flexibility index (Phi) is 5.64. The number of nitrogen functional groups attached to an aromatic ring is 1. The molecule has 0 atom stereocenters. The summed E-state index contributed by atoms with van der Waals surface area (Å²) < 4.78 is 5.56. The Labute approximate surface area is 97.4 Å². The summed E-state index contributed by atoms with van der Waals surface area (Å²) in [6.07, 6.45) is 2.69. The lowest BCUT2D eigenvalue weighted by Gasteiger charge is -2.17. The molecule has 0 radical (unpaired) electrons. The number of hydrogen-bond donors (Lipinski definition) is 1. The third-order valence-corrected chi connectivity index (χ3v) is 2.54. The molecule has 0 bridgehead atoms.